The fourth-order valence-corrected chi connectivity index (χ4v) is 4.26. The van der Waals surface area contributed by atoms with E-state index < -0.39 is 0 Å². The van der Waals surface area contributed by atoms with Crippen LogP contribution in [0.25, 0.3) is 0 Å². The molecule has 0 heteroatoms. The lowest BCUT2D eigenvalue weighted by Crippen LogP contribution is -2.24. The maximum absolute atomic E-state index is 1.59. The Hall–Kier alpha value is 0. The zero-order chi connectivity index (χ0) is 10.1. The van der Waals surface area contributed by atoms with Gasteiger partial charge in [0.1, 0.15) is 0 Å². The molecule has 3 aliphatic rings. The van der Waals surface area contributed by atoms with E-state index in [1.807, 2.05) is 0 Å². The Labute approximate surface area is 94.8 Å². The molecule has 3 aliphatic carbocycles. The molecule has 0 spiro atoms. The Balaban J connectivity index is 1.47. The van der Waals surface area contributed by atoms with Crippen LogP contribution < -0.4 is 0 Å². The van der Waals surface area contributed by atoms with Crippen molar-refractivity contribution in [3.8, 4) is 0 Å². The van der Waals surface area contributed by atoms with E-state index in [1.165, 1.54) is 25.2 Å². The van der Waals surface area contributed by atoms with Crippen molar-refractivity contribution in [1.82, 2.24) is 0 Å². The Morgan fingerprint density at radius 2 is 0.667 bits per heavy atom. The molecule has 0 amide bonds. The van der Waals surface area contributed by atoms with Crippen LogP contribution in [0.3, 0.4) is 0 Å². The molecule has 0 aliphatic heterocycles. The standard InChI is InChI=1S/C15H26/c1-2-4-12(5-3-1)13-6-8-14(9-7-13)15-10-11-15/h12-15H,1-11H2. The zero-order valence-electron chi connectivity index (χ0n) is 10.1. The smallest absolute Gasteiger partial charge is 0.0386 e. The van der Waals surface area contributed by atoms with Gasteiger partial charge in [0.25, 0.3) is 0 Å². The molecule has 0 aromatic heterocycles. The van der Waals surface area contributed by atoms with Gasteiger partial charge in [-0.1, -0.05) is 32.1 Å². The van der Waals surface area contributed by atoms with E-state index in [9.17, 15) is 0 Å². The number of rotatable bonds is 2. The van der Waals surface area contributed by atoms with Gasteiger partial charge < -0.3 is 0 Å². The van der Waals surface area contributed by atoms with Gasteiger partial charge in [-0.2, -0.15) is 0 Å². The van der Waals surface area contributed by atoms with E-state index in [4.69, 9.17) is 0 Å². The minimum atomic E-state index is 1.14. The summed E-state index contributed by atoms with van der Waals surface area (Å²) < 4.78 is 0. The summed E-state index contributed by atoms with van der Waals surface area (Å²) in [6.45, 7) is 0. The molecular weight excluding hydrogens is 180 g/mol. The van der Waals surface area contributed by atoms with Gasteiger partial charge in [0.15, 0.2) is 0 Å². The van der Waals surface area contributed by atoms with E-state index in [0.717, 1.165) is 17.8 Å². The topological polar surface area (TPSA) is 0 Å². The molecule has 3 rings (SSSR count). The first-order valence-corrected chi connectivity index (χ1v) is 7.43. The third-order valence-corrected chi connectivity index (χ3v) is 5.42. The second-order valence-electron chi connectivity index (χ2n) is 6.41. The Morgan fingerprint density at radius 3 is 1.07 bits per heavy atom. The summed E-state index contributed by atoms with van der Waals surface area (Å²) in [5, 5.41) is 0. The van der Waals surface area contributed by atoms with Crippen molar-refractivity contribution in [2.75, 3.05) is 0 Å². The fraction of sp³-hybridized carbons (Fsp3) is 1.00. The molecule has 0 unspecified atom stereocenters. The van der Waals surface area contributed by atoms with Crippen LogP contribution in [0.2, 0.25) is 0 Å². The lowest BCUT2D eigenvalue weighted by Gasteiger charge is -2.36. The molecule has 3 saturated carbocycles. The third-order valence-electron chi connectivity index (χ3n) is 5.42. The van der Waals surface area contributed by atoms with Crippen molar-refractivity contribution in [2.45, 2.75) is 70.6 Å². The molecule has 0 radical (unpaired) electrons. The number of hydrogen-bond donors (Lipinski definition) is 0. The van der Waals surface area contributed by atoms with Crippen LogP contribution in [-0.4, -0.2) is 0 Å². The van der Waals surface area contributed by atoms with Gasteiger partial charge in [0.05, 0.1) is 0 Å². The van der Waals surface area contributed by atoms with Crippen LogP contribution in [0.5, 0.6) is 0 Å². The maximum Gasteiger partial charge on any atom is -0.0386 e. The van der Waals surface area contributed by atoms with Crippen LogP contribution in [0.4, 0.5) is 0 Å². The minimum absolute atomic E-state index is 1.14. The second-order valence-corrected chi connectivity index (χ2v) is 6.41. The van der Waals surface area contributed by atoms with Gasteiger partial charge in [-0.3, -0.25) is 0 Å². The van der Waals surface area contributed by atoms with Crippen LogP contribution in [0.15, 0.2) is 0 Å². The Morgan fingerprint density at radius 1 is 0.333 bits per heavy atom. The quantitative estimate of drug-likeness (QED) is 0.610. The summed E-state index contributed by atoms with van der Waals surface area (Å²) in [6.07, 6.45) is 17.2. The lowest BCUT2D eigenvalue weighted by atomic mass is 9.70. The molecule has 0 nitrogen and oxygen atoms in total. The minimum Gasteiger partial charge on any atom is -0.0533 e. The molecule has 0 bridgehead atoms. The summed E-state index contributed by atoms with van der Waals surface area (Å²) >= 11 is 0. The SMILES string of the molecule is C1CCC(C2CCC(C3CC3)CC2)CC1. The highest BCUT2D eigenvalue weighted by Crippen LogP contribution is 2.47. The van der Waals surface area contributed by atoms with Crippen molar-refractivity contribution in [2.24, 2.45) is 23.7 Å². The summed E-state index contributed by atoms with van der Waals surface area (Å²) in [4.78, 5) is 0. The first kappa shape index (κ1) is 10.2. The van der Waals surface area contributed by atoms with E-state index in [1.54, 1.807) is 51.4 Å². The first-order chi connectivity index (χ1) is 7.43. The zero-order valence-corrected chi connectivity index (χ0v) is 10.1. The maximum atomic E-state index is 1.59. The van der Waals surface area contributed by atoms with Gasteiger partial charge in [-0.15, -0.1) is 0 Å². The van der Waals surface area contributed by atoms with Gasteiger partial charge in [0, 0.05) is 0 Å². The first-order valence-electron chi connectivity index (χ1n) is 7.43. The van der Waals surface area contributed by atoms with Crippen LogP contribution >= 0.6 is 0 Å². The summed E-state index contributed by atoms with van der Waals surface area (Å²) in [7, 11) is 0. The summed E-state index contributed by atoms with van der Waals surface area (Å²) in [5.41, 5.74) is 0. The highest BCUT2D eigenvalue weighted by atomic mass is 14.4. The summed E-state index contributed by atoms with van der Waals surface area (Å²) in [6, 6.07) is 0. The molecule has 15 heavy (non-hydrogen) atoms. The van der Waals surface area contributed by atoms with Crippen LogP contribution in [0, 0.1) is 23.7 Å². The highest BCUT2D eigenvalue weighted by molar-refractivity contribution is 4.87. The molecule has 0 saturated heterocycles. The van der Waals surface area contributed by atoms with Crippen molar-refractivity contribution < 1.29 is 0 Å². The number of hydrogen-bond acceptors (Lipinski definition) is 0. The molecular formula is C15H26. The van der Waals surface area contributed by atoms with Crippen molar-refractivity contribution in [3.63, 3.8) is 0 Å². The average Bonchev–Trinajstić information content (AvgIpc) is 3.15. The third kappa shape index (κ3) is 2.40. The fourth-order valence-electron chi connectivity index (χ4n) is 4.26. The highest BCUT2D eigenvalue weighted by Gasteiger charge is 2.35. The second kappa shape index (κ2) is 4.47. The molecule has 0 aromatic rings. The van der Waals surface area contributed by atoms with Gasteiger partial charge in [0.2, 0.25) is 0 Å². The molecule has 0 atom stereocenters. The van der Waals surface area contributed by atoms with Gasteiger partial charge >= 0.3 is 0 Å². The van der Waals surface area contributed by atoms with Crippen molar-refractivity contribution in [3.05, 3.63) is 0 Å². The Kier molecular flexibility index (Phi) is 3.03. The Bertz CT molecular complexity index is 190. The van der Waals surface area contributed by atoms with Gasteiger partial charge in [-0.05, 0) is 62.2 Å². The van der Waals surface area contributed by atoms with Crippen LogP contribution in [-0.2, 0) is 0 Å². The monoisotopic (exact) mass is 206 g/mol. The molecule has 0 heterocycles. The van der Waals surface area contributed by atoms with Crippen LogP contribution in [0.1, 0.15) is 70.6 Å². The van der Waals surface area contributed by atoms with Crippen molar-refractivity contribution >= 4 is 0 Å². The molecule has 0 N–H and O–H groups in total. The summed E-state index contributed by atoms with van der Waals surface area (Å²) in [5.74, 6) is 4.61. The van der Waals surface area contributed by atoms with E-state index >= 15 is 0 Å². The molecule has 0 aromatic carbocycles. The molecule has 86 valence electrons. The predicted octanol–water partition coefficient (Wildman–Crippen LogP) is 4.78. The average molecular weight is 206 g/mol. The van der Waals surface area contributed by atoms with E-state index in [-0.39, 0.29) is 0 Å². The van der Waals surface area contributed by atoms with E-state index in [0.29, 0.717) is 0 Å². The van der Waals surface area contributed by atoms with E-state index in [2.05, 4.69) is 0 Å². The molecule has 3 fully saturated rings. The lowest BCUT2D eigenvalue weighted by molar-refractivity contribution is 0.159. The van der Waals surface area contributed by atoms with Gasteiger partial charge in [-0.25, -0.2) is 0 Å². The normalized spacial score (nSPS) is 39.2. The largest absolute Gasteiger partial charge is 0.0533 e. The van der Waals surface area contributed by atoms with Crippen molar-refractivity contribution in [1.29, 1.82) is 0 Å². The predicted molar refractivity (Wildman–Crippen MR) is 64.7 cm³/mol.